The van der Waals surface area contributed by atoms with Gasteiger partial charge in [0.25, 0.3) is 0 Å². The Labute approximate surface area is 285 Å². The van der Waals surface area contributed by atoms with Crippen LogP contribution in [0.15, 0.2) is 176 Å². The number of benzene rings is 7. The number of nitrogens with zero attached hydrogens (tertiary/aromatic N) is 3. The van der Waals surface area contributed by atoms with Crippen LogP contribution in [0.2, 0.25) is 0 Å². The zero-order valence-corrected chi connectivity index (χ0v) is 26.5. The van der Waals surface area contributed by atoms with Gasteiger partial charge in [0.05, 0.1) is 0 Å². The highest BCUT2D eigenvalue weighted by Crippen LogP contribution is 2.47. The first kappa shape index (κ1) is 28.6. The smallest absolute Gasteiger partial charge is 0.164 e. The number of ether oxygens (including phenoxy) is 1. The van der Waals surface area contributed by atoms with Crippen molar-refractivity contribution in [3.63, 3.8) is 0 Å². The molecule has 1 aromatic heterocycles. The highest BCUT2D eigenvalue weighted by atomic mass is 16.5. The Morgan fingerprint density at radius 2 is 0.673 bits per heavy atom. The third-order valence-corrected chi connectivity index (χ3v) is 8.94. The molecule has 1 aliphatic heterocycles. The topological polar surface area (TPSA) is 47.9 Å². The summed E-state index contributed by atoms with van der Waals surface area (Å²) in [7, 11) is 0. The van der Waals surface area contributed by atoms with Gasteiger partial charge in [-0.2, -0.15) is 0 Å². The molecule has 4 nitrogen and oxygen atoms in total. The summed E-state index contributed by atoms with van der Waals surface area (Å²) in [5, 5.41) is 0. The van der Waals surface area contributed by atoms with Crippen molar-refractivity contribution in [3.05, 3.63) is 176 Å². The van der Waals surface area contributed by atoms with Crippen LogP contribution in [0.3, 0.4) is 0 Å². The highest BCUT2D eigenvalue weighted by Gasteiger charge is 2.22. The molecule has 2 heterocycles. The molecular formula is C45H29N3O. The number of para-hydroxylation sites is 1. The Kier molecular flexibility index (Phi) is 7.10. The van der Waals surface area contributed by atoms with E-state index in [-0.39, 0.29) is 0 Å². The zero-order valence-electron chi connectivity index (χ0n) is 26.5. The summed E-state index contributed by atoms with van der Waals surface area (Å²) >= 11 is 0. The molecule has 8 aromatic rings. The van der Waals surface area contributed by atoms with Crippen molar-refractivity contribution in [1.29, 1.82) is 0 Å². The minimum Gasteiger partial charge on any atom is -0.456 e. The molecule has 0 bridgehead atoms. The molecular weight excluding hydrogens is 599 g/mol. The van der Waals surface area contributed by atoms with E-state index in [1.807, 2.05) is 42.5 Å². The predicted octanol–water partition coefficient (Wildman–Crippen LogP) is 11.6. The van der Waals surface area contributed by atoms with Crippen LogP contribution in [0.5, 0.6) is 11.5 Å². The number of fused-ring (bicyclic) bond motifs is 5. The van der Waals surface area contributed by atoms with Gasteiger partial charge in [-0.3, -0.25) is 0 Å². The van der Waals surface area contributed by atoms with Crippen molar-refractivity contribution in [2.24, 2.45) is 0 Å². The summed E-state index contributed by atoms with van der Waals surface area (Å²) < 4.78 is 6.52. The first-order valence-corrected chi connectivity index (χ1v) is 16.4. The van der Waals surface area contributed by atoms with Gasteiger partial charge < -0.3 is 4.74 Å². The number of hydrogen-bond acceptors (Lipinski definition) is 4. The lowest BCUT2D eigenvalue weighted by molar-refractivity contribution is 0.488. The van der Waals surface area contributed by atoms with Gasteiger partial charge in [-0.1, -0.05) is 140 Å². The lowest BCUT2D eigenvalue weighted by Crippen LogP contribution is -2.01. The van der Waals surface area contributed by atoms with E-state index in [0.29, 0.717) is 17.5 Å². The largest absolute Gasteiger partial charge is 0.456 e. The van der Waals surface area contributed by atoms with Crippen molar-refractivity contribution >= 4 is 0 Å². The Morgan fingerprint density at radius 1 is 0.265 bits per heavy atom. The van der Waals surface area contributed by atoms with E-state index >= 15 is 0 Å². The summed E-state index contributed by atoms with van der Waals surface area (Å²) in [5.41, 5.74) is 11.5. The minimum atomic E-state index is 0.595. The van der Waals surface area contributed by atoms with Crippen LogP contribution in [0.4, 0.5) is 0 Å². The summed E-state index contributed by atoms with van der Waals surface area (Å²) in [6, 6.07) is 60.4. The molecule has 49 heavy (non-hydrogen) atoms. The van der Waals surface area contributed by atoms with Crippen LogP contribution < -0.4 is 4.74 Å². The third-order valence-electron chi connectivity index (χ3n) is 8.94. The van der Waals surface area contributed by atoms with Crippen molar-refractivity contribution in [3.8, 4) is 90.2 Å². The molecule has 7 aromatic carbocycles. The first-order valence-electron chi connectivity index (χ1n) is 16.4. The Balaban J connectivity index is 1.22. The van der Waals surface area contributed by atoms with E-state index in [1.54, 1.807) is 0 Å². The molecule has 230 valence electrons. The molecule has 1 aliphatic rings. The molecule has 0 atom stereocenters. The second kappa shape index (κ2) is 12.2. The monoisotopic (exact) mass is 627 g/mol. The Bertz CT molecular complexity index is 2370. The van der Waals surface area contributed by atoms with Crippen LogP contribution in [0, 0.1) is 0 Å². The lowest BCUT2D eigenvalue weighted by Gasteiger charge is -2.13. The van der Waals surface area contributed by atoms with Gasteiger partial charge in [0.2, 0.25) is 0 Å². The maximum absolute atomic E-state index is 6.52. The second-order valence-electron chi connectivity index (χ2n) is 12.1. The summed E-state index contributed by atoms with van der Waals surface area (Å²) in [6.45, 7) is 0. The van der Waals surface area contributed by atoms with E-state index in [2.05, 4.69) is 133 Å². The Hall–Kier alpha value is -6.65. The van der Waals surface area contributed by atoms with Crippen LogP contribution in [-0.4, -0.2) is 15.0 Å². The summed E-state index contributed by atoms with van der Waals surface area (Å²) in [4.78, 5) is 15.3. The molecule has 0 N–H and O–H groups in total. The summed E-state index contributed by atoms with van der Waals surface area (Å²) in [6.07, 6.45) is 0. The molecule has 0 saturated carbocycles. The maximum Gasteiger partial charge on any atom is 0.164 e. The zero-order chi connectivity index (χ0) is 32.6. The average Bonchev–Trinajstić information content (AvgIpc) is 3.33. The molecule has 0 aliphatic carbocycles. The van der Waals surface area contributed by atoms with Gasteiger partial charge in [0, 0.05) is 27.8 Å². The fourth-order valence-corrected chi connectivity index (χ4v) is 6.52. The van der Waals surface area contributed by atoms with Crippen LogP contribution in [0.25, 0.3) is 78.7 Å². The van der Waals surface area contributed by atoms with Gasteiger partial charge >= 0.3 is 0 Å². The fourth-order valence-electron chi connectivity index (χ4n) is 6.52. The van der Waals surface area contributed by atoms with Gasteiger partial charge in [0.15, 0.2) is 17.5 Å². The molecule has 4 heteroatoms. The molecule has 9 rings (SSSR count). The van der Waals surface area contributed by atoms with Crippen LogP contribution >= 0.6 is 0 Å². The normalized spacial score (nSPS) is 11.4. The molecule has 0 unspecified atom stereocenters. The quantitative estimate of drug-likeness (QED) is 0.190. The van der Waals surface area contributed by atoms with Gasteiger partial charge in [-0.15, -0.1) is 0 Å². The van der Waals surface area contributed by atoms with E-state index < -0.39 is 0 Å². The maximum atomic E-state index is 6.52. The van der Waals surface area contributed by atoms with Gasteiger partial charge in [0.1, 0.15) is 11.5 Å². The molecule has 0 amide bonds. The molecule has 0 saturated heterocycles. The van der Waals surface area contributed by atoms with Crippen molar-refractivity contribution < 1.29 is 4.74 Å². The number of hydrogen-bond donors (Lipinski definition) is 0. The minimum absolute atomic E-state index is 0.595. The van der Waals surface area contributed by atoms with Gasteiger partial charge in [-0.25, -0.2) is 15.0 Å². The lowest BCUT2D eigenvalue weighted by atomic mass is 9.93. The Morgan fingerprint density at radius 3 is 1.24 bits per heavy atom. The standard InChI is InChI=1S/C45H29N3O/c1-3-13-30(14-4-1)32-17-11-19-34(27-32)43-46-44(35-20-12-18-33(28-35)31-15-5-2-6-16-31)48-45(47-43)36-25-26-42-40(29-36)38-22-8-7-21-37(38)39-23-9-10-24-41(39)49-42/h1-29H. The van der Waals surface area contributed by atoms with E-state index in [0.717, 1.165) is 72.7 Å². The number of rotatable bonds is 5. The molecule has 0 fully saturated rings. The van der Waals surface area contributed by atoms with E-state index in [9.17, 15) is 0 Å². The average molecular weight is 628 g/mol. The highest BCUT2D eigenvalue weighted by molar-refractivity contribution is 5.92. The fraction of sp³-hybridized carbons (Fsp3) is 0. The number of aromatic nitrogens is 3. The third kappa shape index (κ3) is 5.45. The van der Waals surface area contributed by atoms with Crippen LogP contribution in [0.1, 0.15) is 0 Å². The SMILES string of the molecule is c1ccc(-c2cccc(-c3nc(-c4cccc(-c5ccccc5)c4)nc(-c4ccc5c(c4)-c4ccccc4-c4ccccc4O5)n3)c2)cc1. The van der Waals surface area contributed by atoms with E-state index in [4.69, 9.17) is 19.7 Å². The first-order chi connectivity index (χ1) is 24.3. The van der Waals surface area contributed by atoms with E-state index in [1.165, 1.54) is 0 Å². The second-order valence-corrected chi connectivity index (χ2v) is 12.1. The van der Waals surface area contributed by atoms with Crippen molar-refractivity contribution in [1.82, 2.24) is 15.0 Å². The van der Waals surface area contributed by atoms with Crippen molar-refractivity contribution in [2.45, 2.75) is 0 Å². The molecule has 0 radical (unpaired) electrons. The van der Waals surface area contributed by atoms with Crippen LogP contribution in [-0.2, 0) is 0 Å². The van der Waals surface area contributed by atoms with Gasteiger partial charge in [-0.05, 0) is 69.8 Å². The van der Waals surface area contributed by atoms with Crippen molar-refractivity contribution in [2.75, 3.05) is 0 Å². The summed E-state index contributed by atoms with van der Waals surface area (Å²) in [5.74, 6) is 3.45. The predicted molar refractivity (Wildman–Crippen MR) is 198 cm³/mol. The molecule has 0 spiro atoms.